The minimum Gasteiger partial charge on any atom is -0.490 e. The molecular formula is C21H21Cl2NO5. The molecule has 0 saturated carbocycles. The quantitative estimate of drug-likeness (QED) is 0.404. The number of oxime groups is 1. The lowest BCUT2D eigenvalue weighted by atomic mass is 10.0. The van der Waals surface area contributed by atoms with Gasteiger partial charge in [0.15, 0.2) is 17.2 Å². The zero-order chi connectivity index (χ0) is 21.2. The fourth-order valence-electron chi connectivity index (χ4n) is 2.49. The number of benzene rings is 2. The van der Waals surface area contributed by atoms with Gasteiger partial charge in [0.2, 0.25) is 0 Å². The van der Waals surface area contributed by atoms with Gasteiger partial charge in [0.25, 0.3) is 0 Å². The predicted molar refractivity (Wildman–Crippen MR) is 114 cm³/mol. The van der Waals surface area contributed by atoms with E-state index < -0.39 is 5.97 Å². The van der Waals surface area contributed by atoms with Gasteiger partial charge in [-0.3, -0.25) is 0 Å². The highest BCUT2D eigenvalue weighted by atomic mass is 35.5. The van der Waals surface area contributed by atoms with Crippen molar-refractivity contribution in [3.8, 4) is 11.5 Å². The van der Waals surface area contributed by atoms with Gasteiger partial charge in [0.1, 0.15) is 17.7 Å². The standard InChI is InChI=1S/C21H21Cl2NO5/c1-3-27-18-11-14(12-19(22)23)9-10-17(18)28-13-15-7-5-6-8-16(15)20(21(25)26)24-29-4-2/h5-12H,3-4,13H2,1-2H3,(H,25,26)/b24-20+. The van der Waals surface area contributed by atoms with Crippen LogP contribution in [0.3, 0.4) is 0 Å². The Morgan fingerprint density at radius 2 is 1.83 bits per heavy atom. The van der Waals surface area contributed by atoms with Crippen molar-refractivity contribution < 1.29 is 24.2 Å². The van der Waals surface area contributed by atoms with Crippen molar-refractivity contribution in [2.24, 2.45) is 5.16 Å². The van der Waals surface area contributed by atoms with Crippen LogP contribution in [0.15, 0.2) is 52.1 Å². The largest absolute Gasteiger partial charge is 0.490 e. The number of nitrogens with zero attached hydrogens (tertiary/aromatic N) is 1. The first kappa shape index (κ1) is 22.6. The summed E-state index contributed by atoms with van der Waals surface area (Å²) < 4.78 is 11.7. The third kappa shape index (κ3) is 6.69. The van der Waals surface area contributed by atoms with Crippen LogP contribution in [0.1, 0.15) is 30.5 Å². The maximum absolute atomic E-state index is 11.6. The summed E-state index contributed by atoms with van der Waals surface area (Å²) in [5, 5.41) is 13.2. The highest BCUT2D eigenvalue weighted by Gasteiger charge is 2.18. The predicted octanol–water partition coefficient (Wildman–Crippen LogP) is 5.27. The van der Waals surface area contributed by atoms with Crippen LogP contribution in [0.4, 0.5) is 0 Å². The fourth-order valence-corrected chi connectivity index (χ4v) is 2.75. The van der Waals surface area contributed by atoms with Crippen LogP contribution in [0.2, 0.25) is 0 Å². The molecule has 0 atom stereocenters. The first-order valence-electron chi connectivity index (χ1n) is 8.90. The Labute approximate surface area is 179 Å². The van der Waals surface area contributed by atoms with Gasteiger partial charge >= 0.3 is 5.97 Å². The molecule has 2 aromatic carbocycles. The van der Waals surface area contributed by atoms with Crippen LogP contribution < -0.4 is 9.47 Å². The van der Waals surface area contributed by atoms with E-state index in [1.54, 1.807) is 55.5 Å². The third-order valence-electron chi connectivity index (χ3n) is 3.69. The molecule has 0 radical (unpaired) electrons. The number of hydrogen-bond donors (Lipinski definition) is 1. The van der Waals surface area contributed by atoms with Crippen molar-refractivity contribution in [3.63, 3.8) is 0 Å². The average molecular weight is 438 g/mol. The molecule has 0 spiro atoms. The van der Waals surface area contributed by atoms with Crippen LogP contribution in [-0.4, -0.2) is 30.0 Å². The van der Waals surface area contributed by atoms with Gasteiger partial charge in [-0.15, -0.1) is 0 Å². The van der Waals surface area contributed by atoms with E-state index in [4.69, 9.17) is 37.5 Å². The van der Waals surface area contributed by atoms with Crippen molar-refractivity contribution >= 4 is 41.0 Å². The molecule has 2 rings (SSSR count). The topological polar surface area (TPSA) is 77.4 Å². The van der Waals surface area contributed by atoms with E-state index in [0.29, 0.717) is 29.2 Å². The minimum atomic E-state index is -1.19. The second kappa shape index (κ2) is 11.3. The number of rotatable bonds is 10. The van der Waals surface area contributed by atoms with Gasteiger partial charge in [0.05, 0.1) is 6.61 Å². The number of carbonyl (C=O) groups is 1. The molecule has 0 aromatic heterocycles. The molecule has 0 saturated heterocycles. The Morgan fingerprint density at radius 3 is 2.48 bits per heavy atom. The van der Waals surface area contributed by atoms with Crippen molar-refractivity contribution in [1.82, 2.24) is 0 Å². The van der Waals surface area contributed by atoms with Crippen LogP contribution >= 0.6 is 23.2 Å². The summed E-state index contributed by atoms with van der Waals surface area (Å²) in [4.78, 5) is 16.5. The molecule has 0 amide bonds. The zero-order valence-corrected chi connectivity index (χ0v) is 17.5. The minimum absolute atomic E-state index is 0.111. The van der Waals surface area contributed by atoms with Crippen LogP contribution in [0.25, 0.3) is 6.08 Å². The Bertz CT molecular complexity index is 908. The number of hydrogen-bond acceptors (Lipinski definition) is 5. The third-order valence-corrected chi connectivity index (χ3v) is 3.90. The van der Waals surface area contributed by atoms with E-state index in [1.807, 2.05) is 6.92 Å². The Balaban J connectivity index is 2.30. The first-order valence-corrected chi connectivity index (χ1v) is 9.65. The summed E-state index contributed by atoms with van der Waals surface area (Å²) >= 11 is 11.4. The van der Waals surface area contributed by atoms with Gasteiger partial charge in [-0.1, -0.05) is 58.7 Å². The second-order valence-electron chi connectivity index (χ2n) is 5.68. The van der Waals surface area contributed by atoms with E-state index >= 15 is 0 Å². The zero-order valence-electron chi connectivity index (χ0n) is 16.0. The summed E-state index contributed by atoms with van der Waals surface area (Å²) in [5.74, 6) is -0.159. The lowest BCUT2D eigenvalue weighted by Crippen LogP contribution is -2.18. The molecule has 0 bridgehead atoms. The van der Waals surface area contributed by atoms with E-state index in [1.165, 1.54) is 0 Å². The summed E-state index contributed by atoms with van der Waals surface area (Å²) in [5.41, 5.74) is 1.63. The number of carboxylic acid groups (broad SMARTS) is 1. The maximum Gasteiger partial charge on any atom is 0.358 e. The SMILES string of the molecule is CCO/N=C(/C(=O)O)c1ccccc1COc1ccc(C=C(Cl)Cl)cc1OCC. The summed E-state index contributed by atoms with van der Waals surface area (Å²) in [6, 6.07) is 12.2. The normalized spacial score (nSPS) is 11.0. The Kier molecular flexibility index (Phi) is 8.83. The smallest absolute Gasteiger partial charge is 0.358 e. The molecule has 2 aromatic rings. The Morgan fingerprint density at radius 1 is 1.07 bits per heavy atom. The molecule has 0 aliphatic carbocycles. The van der Waals surface area contributed by atoms with Gasteiger partial charge in [-0.25, -0.2) is 4.79 Å². The monoisotopic (exact) mass is 437 g/mol. The van der Waals surface area contributed by atoms with Crippen molar-refractivity contribution in [3.05, 3.63) is 63.6 Å². The van der Waals surface area contributed by atoms with Gasteiger partial charge in [-0.2, -0.15) is 0 Å². The highest BCUT2D eigenvalue weighted by Crippen LogP contribution is 2.31. The van der Waals surface area contributed by atoms with Crippen molar-refractivity contribution in [2.75, 3.05) is 13.2 Å². The molecule has 0 heterocycles. The molecule has 1 N–H and O–H groups in total. The summed E-state index contributed by atoms with van der Waals surface area (Å²) in [6.07, 6.45) is 1.59. The molecule has 0 fully saturated rings. The van der Waals surface area contributed by atoms with Crippen molar-refractivity contribution in [2.45, 2.75) is 20.5 Å². The molecule has 0 aliphatic heterocycles. The average Bonchev–Trinajstić information content (AvgIpc) is 2.68. The molecule has 8 heteroatoms. The Hall–Kier alpha value is -2.70. The second-order valence-corrected chi connectivity index (χ2v) is 6.69. The molecule has 0 aliphatic rings. The highest BCUT2D eigenvalue weighted by molar-refractivity contribution is 6.57. The van der Waals surface area contributed by atoms with Crippen LogP contribution in [0, 0.1) is 0 Å². The number of carboxylic acids is 1. The fraction of sp³-hybridized carbons (Fsp3) is 0.238. The number of aliphatic carboxylic acids is 1. The van der Waals surface area contributed by atoms with Gasteiger partial charge in [-0.05, 0) is 43.2 Å². The van der Waals surface area contributed by atoms with Crippen molar-refractivity contribution in [1.29, 1.82) is 0 Å². The summed E-state index contributed by atoms with van der Waals surface area (Å²) in [6.45, 7) is 4.41. The first-order chi connectivity index (χ1) is 14.0. The molecule has 0 unspecified atom stereocenters. The molecule has 29 heavy (non-hydrogen) atoms. The molecule has 6 nitrogen and oxygen atoms in total. The molecule has 154 valence electrons. The van der Waals surface area contributed by atoms with Crippen LogP contribution in [0.5, 0.6) is 11.5 Å². The van der Waals surface area contributed by atoms with E-state index in [9.17, 15) is 9.90 Å². The summed E-state index contributed by atoms with van der Waals surface area (Å²) in [7, 11) is 0. The van der Waals surface area contributed by atoms with Crippen LogP contribution in [-0.2, 0) is 16.2 Å². The van der Waals surface area contributed by atoms with E-state index in [2.05, 4.69) is 5.16 Å². The van der Waals surface area contributed by atoms with Gasteiger partial charge < -0.3 is 19.4 Å². The maximum atomic E-state index is 11.6. The van der Waals surface area contributed by atoms with Gasteiger partial charge in [0, 0.05) is 5.56 Å². The van der Waals surface area contributed by atoms with E-state index in [0.717, 1.165) is 5.56 Å². The van der Waals surface area contributed by atoms with E-state index in [-0.39, 0.29) is 23.4 Å². The lowest BCUT2D eigenvalue weighted by Gasteiger charge is -2.14. The lowest BCUT2D eigenvalue weighted by molar-refractivity contribution is -0.129. The number of halogens is 2. The number of ether oxygens (including phenoxy) is 2. The molecular weight excluding hydrogens is 417 g/mol.